The number of anilines is 1. The third-order valence-electron chi connectivity index (χ3n) is 4.11. The van der Waals surface area contributed by atoms with Crippen LogP contribution < -0.4 is 5.73 Å². The number of nitrogens with two attached hydrogens (primary N) is 1. The first kappa shape index (κ1) is 14.0. The topological polar surface area (TPSA) is 46.3 Å². The van der Waals surface area contributed by atoms with E-state index in [1.165, 1.54) is 11.1 Å². The molecule has 21 heavy (non-hydrogen) atoms. The molecule has 1 unspecified atom stereocenters. The van der Waals surface area contributed by atoms with Crippen LogP contribution in [0.3, 0.4) is 0 Å². The van der Waals surface area contributed by atoms with Crippen molar-refractivity contribution in [1.82, 2.24) is 4.90 Å². The van der Waals surface area contributed by atoms with Crippen molar-refractivity contribution in [3.05, 3.63) is 64.2 Å². The molecule has 1 aliphatic carbocycles. The van der Waals surface area contributed by atoms with Crippen LogP contribution in [0.1, 0.15) is 33.9 Å². The number of nitrogen functional groups attached to an aromatic ring is 1. The Morgan fingerprint density at radius 2 is 2.05 bits per heavy atom. The minimum absolute atomic E-state index is 0.0679. The maximum atomic E-state index is 12.7. The fourth-order valence-electron chi connectivity index (χ4n) is 2.97. The number of nitrogens with zero attached hydrogens (tertiary/aromatic N) is 1. The summed E-state index contributed by atoms with van der Waals surface area (Å²) >= 11 is 6.15. The average Bonchev–Trinajstić information content (AvgIpc) is 2.90. The minimum Gasteiger partial charge on any atom is -0.399 e. The van der Waals surface area contributed by atoms with Gasteiger partial charge in [-0.05, 0) is 42.2 Å². The Kier molecular flexibility index (Phi) is 3.60. The van der Waals surface area contributed by atoms with Crippen LogP contribution in [0.5, 0.6) is 0 Å². The molecule has 0 fully saturated rings. The lowest BCUT2D eigenvalue weighted by Crippen LogP contribution is -2.30. The molecule has 2 aromatic rings. The average molecular weight is 301 g/mol. The molecule has 108 valence electrons. The highest BCUT2D eigenvalue weighted by atomic mass is 35.5. The van der Waals surface area contributed by atoms with E-state index in [1.54, 1.807) is 23.1 Å². The van der Waals surface area contributed by atoms with Crippen LogP contribution in [0.15, 0.2) is 42.5 Å². The first-order chi connectivity index (χ1) is 10.1. The number of aryl methyl sites for hydroxylation is 1. The number of hydrogen-bond donors (Lipinski definition) is 1. The molecule has 0 saturated heterocycles. The number of fused-ring (bicyclic) bond motifs is 1. The van der Waals surface area contributed by atoms with Gasteiger partial charge in [-0.3, -0.25) is 4.79 Å². The van der Waals surface area contributed by atoms with Crippen LogP contribution in [0.25, 0.3) is 0 Å². The zero-order valence-electron chi connectivity index (χ0n) is 11.8. The smallest absolute Gasteiger partial charge is 0.255 e. The van der Waals surface area contributed by atoms with Crippen molar-refractivity contribution in [2.24, 2.45) is 0 Å². The van der Waals surface area contributed by atoms with Gasteiger partial charge in [-0.2, -0.15) is 0 Å². The molecule has 1 aliphatic rings. The molecule has 4 heteroatoms. The summed E-state index contributed by atoms with van der Waals surface area (Å²) in [5.41, 5.74) is 9.30. The van der Waals surface area contributed by atoms with Crippen LogP contribution in [-0.4, -0.2) is 17.9 Å². The Bertz CT molecular complexity index is 699. The van der Waals surface area contributed by atoms with Gasteiger partial charge in [0.25, 0.3) is 5.91 Å². The SMILES string of the molecule is CN(C(=O)c1ccc(N)cc1Cl)C1CCc2ccccc21. The van der Waals surface area contributed by atoms with Crippen molar-refractivity contribution in [2.45, 2.75) is 18.9 Å². The minimum atomic E-state index is -0.0679. The Morgan fingerprint density at radius 1 is 1.29 bits per heavy atom. The number of halogens is 1. The summed E-state index contributed by atoms with van der Waals surface area (Å²) in [6.07, 6.45) is 1.96. The Labute approximate surface area is 129 Å². The second-order valence-electron chi connectivity index (χ2n) is 5.41. The van der Waals surface area contributed by atoms with Gasteiger partial charge in [0.2, 0.25) is 0 Å². The van der Waals surface area contributed by atoms with Gasteiger partial charge in [0.1, 0.15) is 0 Å². The zero-order chi connectivity index (χ0) is 15.0. The molecule has 0 heterocycles. The molecule has 0 aromatic heterocycles. The van der Waals surface area contributed by atoms with E-state index in [9.17, 15) is 4.79 Å². The Balaban J connectivity index is 1.89. The number of carbonyl (C=O) groups is 1. The van der Waals surface area contributed by atoms with Crippen molar-refractivity contribution < 1.29 is 4.79 Å². The highest BCUT2D eigenvalue weighted by molar-refractivity contribution is 6.34. The van der Waals surface area contributed by atoms with Crippen LogP contribution in [0.4, 0.5) is 5.69 Å². The zero-order valence-corrected chi connectivity index (χ0v) is 12.6. The summed E-state index contributed by atoms with van der Waals surface area (Å²) in [4.78, 5) is 14.5. The van der Waals surface area contributed by atoms with Gasteiger partial charge in [-0.25, -0.2) is 0 Å². The molecule has 2 aromatic carbocycles. The fraction of sp³-hybridized carbons (Fsp3) is 0.235. The molecule has 0 aliphatic heterocycles. The molecule has 0 saturated carbocycles. The van der Waals surface area contributed by atoms with E-state index in [4.69, 9.17) is 17.3 Å². The van der Waals surface area contributed by atoms with E-state index in [1.807, 2.05) is 19.2 Å². The standard InChI is InChI=1S/C17H17ClN2O/c1-20(16-9-6-11-4-2-3-5-13(11)16)17(21)14-8-7-12(19)10-15(14)18/h2-5,7-8,10,16H,6,9,19H2,1H3. The van der Waals surface area contributed by atoms with Crippen molar-refractivity contribution in [1.29, 1.82) is 0 Å². The van der Waals surface area contributed by atoms with Gasteiger partial charge in [0.15, 0.2) is 0 Å². The van der Waals surface area contributed by atoms with E-state index >= 15 is 0 Å². The predicted octanol–water partition coefficient (Wildman–Crippen LogP) is 3.68. The Hall–Kier alpha value is -2.00. The summed E-state index contributed by atoms with van der Waals surface area (Å²) < 4.78 is 0. The van der Waals surface area contributed by atoms with Crippen molar-refractivity contribution in [2.75, 3.05) is 12.8 Å². The Morgan fingerprint density at radius 3 is 2.81 bits per heavy atom. The third kappa shape index (κ3) is 2.49. The summed E-state index contributed by atoms with van der Waals surface area (Å²) in [5, 5.41) is 0.401. The van der Waals surface area contributed by atoms with Crippen molar-refractivity contribution in [3.63, 3.8) is 0 Å². The van der Waals surface area contributed by atoms with E-state index in [-0.39, 0.29) is 11.9 Å². The number of amides is 1. The fourth-order valence-corrected chi connectivity index (χ4v) is 3.24. The van der Waals surface area contributed by atoms with Gasteiger partial charge in [0, 0.05) is 12.7 Å². The third-order valence-corrected chi connectivity index (χ3v) is 4.43. The van der Waals surface area contributed by atoms with Gasteiger partial charge in [0.05, 0.1) is 16.6 Å². The molecule has 3 rings (SSSR count). The quantitative estimate of drug-likeness (QED) is 0.860. The molecule has 0 spiro atoms. The monoisotopic (exact) mass is 300 g/mol. The molecule has 1 amide bonds. The van der Waals surface area contributed by atoms with Gasteiger partial charge < -0.3 is 10.6 Å². The van der Waals surface area contributed by atoms with Crippen LogP contribution >= 0.6 is 11.6 Å². The highest BCUT2D eigenvalue weighted by Crippen LogP contribution is 2.36. The number of hydrogen-bond acceptors (Lipinski definition) is 2. The van der Waals surface area contributed by atoms with E-state index in [0.29, 0.717) is 16.3 Å². The molecule has 0 bridgehead atoms. The summed E-state index contributed by atoms with van der Waals surface area (Å²) in [5.74, 6) is -0.0679. The lowest BCUT2D eigenvalue weighted by molar-refractivity contribution is 0.0731. The van der Waals surface area contributed by atoms with E-state index in [0.717, 1.165) is 12.8 Å². The molecule has 2 N–H and O–H groups in total. The highest BCUT2D eigenvalue weighted by Gasteiger charge is 2.29. The van der Waals surface area contributed by atoms with Crippen LogP contribution in [0, 0.1) is 0 Å². The summed E-state index contributed by atoms with van der Waals surface area (Å²) in [7, 11) is 1.84. The predicted molar refractivity (Wildman–Crippen MR) is 85.5 cm³/mol. The first-order valence-electron chi connectivity index (χ1n) is 6.98. The maximum Gasteiger partial charge on any atom is 0.255 e. The number of benzene rings is 2. The second kappa shape index (κ2) is 5.41. The normalized spacial score (nSPS) is 16.6. The maximum absolute atomic E-state index is 12.7. The first-order valence-corrected chi connectivity index (χ1v) is 7.35. The van der Waals surface area contributed by atoms with Crippen molar-refractivity contribution in [3.8, 4) is 0 Å². The second-order valence-corrected chi connectivity index (χ2v) is 5.82. The van der Waals surface area contributed by atoms with Gasteiger partial charge in [-0.1, -0.05) is 35.9 Å². The van der Waals surface area contributed by atoms with E-state index in [2.05, 4.69) is 12.1 Å². The molecular formula is C17H17ClN2O. The molecule has 1 atom stereocenters. The lowest BCUT2D eigenvalue weighted by Gasteiger charge is -2.26. The molecule has 0 radical (unpaired) electrons. The van der Waals surface area contributed by atoms with Crippen molar-refractivity contribution >= 4 is 23.2 Å². The van der Waals surface area contributed by atoms with E-state index < -0.39 is 0 Å². The summed E-state index contributed by atoms with van der Waals surface area (Å²) in [6.45, 7) is 0. The number of rotatable bonds is 2. The number of carbonyl (C=O) groups excluding carboxylic acids is 1. The van der Waals surface area contributed by atoms with Gasteiger partial charge in [-0.15, -0.1) is 0 Å². The lowest BCUT2D eigenvalue weighted by atomic mass is 10.1. The van der Waals surface area contributed by atoms with Crippen LogP contribution in [0.2, 0.25) is 5.02 Å². The largest absolute Gasteiger partial charge is 0.399 e. The molecular weight excluding hydrogens is 284 g/mol. The summed E-state index contributed by atoms with van der Waals surface area (Å²) in [6, 6.07) is 13.4. The van der Waals surface area contributed by atoms with Crippen LogP contribution in [-0.2, 0) is 6.42 Å². The van der Waals surface area contributed by atoms with Gasteiger partial charge >= 0.3 is 0 Å². The molecule has 3 nitrogen and oxygen atoms in total.